The molecule has 0 aliphatic carbocycles. The number of piperidine rings is 1. The van der Waals surface area contributed by atoms with Gasteiger partial charge in [0.2, 0.25) is 5.91 Å². The van der Waals surface area contributed by atoms with Gasteiger partial charge in [0.05, 0.1) is 6.04 Å². The van der Waals surface area contributed by atoms with Crippen LogP contribution in [0.25, 0.3) is 0 Å². The van der Waals surface area contributed by atoms with Gasteiger partial charge in [-0.3, -0.25) is 4.79 Å². The molecule has 98 valence electrons. The van der Waals surface area contributed by atoms with Crippen LogP contribution >= 0.6 is 0 Å². The predicted molar refractivity (Wildman–Crippen MR) is 66.6 cm³/mol. The molecule has 17 heavy (non-hydrogen) atoms. The van der Waals surface area contributed by atoms with E-state index in [1.54, 1.807) is 0 Å². The number of aliphatic hydroxyl groups is 1. The van der Waals surface area contributed by atoms with Gasteiger partial charge in [-0.2, -0.15) is 0 Å². The molecule has 0 spiro atoms. The Hall–Kier alpha value is -0.610. The highest BCUT2D eigenvalue weighted by molar-refractivity contribution is 5.82. The second-order valence-electron chi connectivity index (χ2n) is 5.39. The van der Waals surface area contributed by atoms with Crippen LogP contribution in [0.15, 0.2) is 0 Å². The maximum Gasteiger partial charge on any atom is 0.240 e. The van der Waals surface area contributed by atoms with Crippen molar-refractivity contribution in [2.24, 2.45) is 5.92 Å². The lowest BCUT2D eigenvalue weighted by Crippen LogP contribution is -2.53. The van der Waals surface area contributed by atoms with Gasteiger partial charge >= 0.3 is 0 Å². The van der Waals surface area contributed by atoms with Crippen molar-refractivity contribution in [1.29, 1.82) is 0 Å². The highest BCUT2D eigenvalue weighted by atomic mass is 16.3. The Morgan fingerprint density at radius 2 is 2.24 bits per heavy atom. The maximum atomic E-state index is 12.5. The molecule has 2 saturated heterocycles. The molecule has 0 bridgehead atoms. The van der Waals surface area contributed by atoms with Gasteiger partial charge in [0.15, 0.2) is 0 Å². The van der Waals surface area contributed by atoms with Crippen LogP contribution in [0.2, 0.25) is 0 Å². The smallest absolute Gasteiger partial charge is 0.240 e. The van der Waals surface area contributed by atoms with E-state index in [1.807, 2.05) is 4.90 Å². The highest BCUT2D eigenvalue weighted by Crippen LogP contribution is 2.24. The minimum absolute atomic E-state index is 0.00282. The number of hydrogen-bond acceptors (Lipinski definition) is 3. The van der Waals surface area contributed by atoms with Gasteiger partial charge in [-0.05, 0) is 44.6 Å². The lowest BCUT2D eigenvalue weighted by Gasteiger charge is -2.34. The Kier molecular flexibility index (Phi) is 4.40. The normalized spacial score (nSPS) is 34.0. The van der Waals surface area contributed by atoms with Crippen molar-refractivity contribution >= 4 is 5.91 Å². The van der Waals surface area contributed by atoms with Crippen LogP contribution in [0, 0.1) is 5.92 Å². The lowest BCUT2D eigenvalue weighted by molar-refractivity contribution is -0.136. The van der Waals surface area contributed by atoms with Crippen molar-refractivity contribution in [3.63, 3.8) is 0 Å². The Morgan fingerprint density at radius 3 is 2.94 bits per heavy atom. The average molecular weight is 240 g/mol. The second kappa shape index (κ2) is 5.83. The third-order valence-electron chi connectivity index (χ3n) is 4.16. The molecule has 3 atom stereocenters. The van der Waals surface area contributed by atoms with E-state index in [9.17, 15) is 4.79 Å². The van der Waals surface area contributed by atoms with Gasteiger partial charge in [0, 0.05) is 19.2 Å². The molecule has 1 amide bonds. The number of nitrogens with one attached hydrogen (secondary N) is 1. The number of aliphatic hydroxyl groups excluding tert-OH is 1. The van der Waals surface area contributed by atoms with Crippen molar-refractivity contribution in [3.05, 3.63) is 0 Å². The highest BCUT2D eigenvalue weighted by Gasteiger charge is 2.35. The molecule has 2 rings (SSSR count). The third-order valence-corrected chi connectivity index (χ3v) is 4.16. The Bertz CT molecular complexity index is 270. The first-order valence-electron chi connectivity index (χ1n) is 6.88. The fourth-order valence-corrected chi connectivity index (χ4v) is 3.13. The van der Waals surface area contributed by atoms with Crippen molar-refractivity contribution in [3.8, 4) is 0 Å². The molecule has 2 aliphatic rings. The molecular formula is C13H24N2O2. The summed E-state index contributed by atoms with van der Waals surface area (Å²) >= 11 is 0. The van der Waals surface area contributed by atoms with E-state index in [-0.39, 0.29) is 24.6 Å². The van der Waals surface area contributed by atoms with E-state index in [2.05, 4.69) is 12.2 Å². The summed E-state index contributed by atoms with van der Waals surface area (Å²) in [5.41, 5.74) is 0. The summed E-state index contributed by atoms with van der Waals surface area (Å²) in [6, 6.07) is 0.270. The number of carbonyl (C=O) groups excluding carboxylic acids is 1. The first-order chi connectivity index (χ1) is 8.24. The molecule has 2 fully saturated rings. The van der Waals surface area contributed by atoms with E-state index in [0.29, 0.717) is 5.92 Å². The van der Waals surface area contributed by atoms with E-state index in [4.69, 9.17) is 5.11 Å². The summed E-state index contributed by atoms with van der Waals surface area (Å²) in [6.45, 7) is 4.17. The predicted octanol–water partition coefficient (Wildman–Crippen LogP) is 0.748. The van der Waals surface area contributed by atoms with Crippen molar-refractivity contribution < 1.29 is 9.90 Å². The monoisotopic (exact) mass is 240 g/mol. The SMILES string of the molecule is CC1CCCNC1C(=O)N1CCCC1CCO. The quantitative estimate of drug-likeness (QED) is 0.765. The molecule has 0 aromatic carbocycles. The van der Waals surface area contributed by atoms with Crippen LogP contribution in [-0.2, 0) is 4.79 Å². The zero-order chi connectivity index (χ0) is 12.3. The molecule has 2 heterocycles. The molecule has 2 N–H and O–H groups in total. The number of hydrogen-bond donors (Lipinski definition) is 2. The minimum Gasteiger partial charge on any atom is -0.396 e. The summed E-state index contributed by atoms with van der Waals surface area (Å²) in [5.74, 6) is 0.694. The van der Waals surface area contributed by atoms with Gasteiger partial charge in [-0.15, -0.1) is 0 Å². The van der Waals surface area contributed by atoms with E-state index in [0.717, 1.165) is 38.8 Å². The number of carbonyl (C=O) groups is 1. The first kappa shape index (κ1) is 12.8. The molecule has 0 radical (unpaired) electrons. The number of amides is 1. The van der Waals surface area contributed by atoms with Gasteiger partial charge in [0.25, 0.3) is 0 Å². The van der Waals surface area contributed by atoms with E-state index < -0.39 is 0 Å². The molecule has 2 aliphatic heterocycles. The van der Waals surface area contributed by atoms with Crippen LogP contribution in [0.5, 0.6) is 0 Å². The fraction of sp³-hybridized carbons (Fsp3) is 0.923. The zero-order valence-corrected chi connectivity index (χ0v) is 10.7. The van der Waals surface area contributed by atoms with Crippen molar-refractivity contribution in [2.45, 2.75) is 51.1 Å². The van der Waals surface area contributed by atoms with Crippen LogP contribution < -0.4 is 5.32 Å². The van der Waals surface area contributed by atoms with Crippen LogP contribution in [0.4, 0.5) is 0 Å². The number of likely N-dealkylation sites (tertiary alicyclic amines) is 1. The fourth-order valence-electron chi connectivity index (χ4n) is 3.13. The zero-order valence-electron chi connectivity index (χ0n) is 10.7. The summed E-state index contributed by atoms with van der Waals surface area (Å²) in [6.07, 6.45) is 5.17. The molecule has 0 aromatic rings. The molecule has 4 heteroatoms. The van der Waals surface area contributed by atoms with E-state index >= 15 is 0 Å². The topological polar surface area (TPSA) is 52.6 Å². The van der Waals surface area contributed by atoms with Gasteiger partial charge in [0.1, 0.15) is 0 Å². The molecule has 3 unspecified atom stereocenters. The first-order valence-corrected chi connectivity index (χ1v) is 6.88. The molecule has 0 saturated carbocycles. The maximum absolute atomic E-state index is 12.5. The summed E-state index contributed by atoms with van der Waals surface area (Å²) in [4.78, 5) is 14.5. The largest absolute Gasteiger partial charge is 0.396 e. The van der Waals surface area contributed by atoms with Crippen LogP contribution in [-0.4, -0.2) is 47.7 Å². The van der Waals surface area contributed by atoms with Gasteiger partial charge in [-0.25, -0.2) is 0 Å². The van der Waals surface area contributed by atoms with Gasteiger partial charge < -0.3 is 15.3 Å². The van der Waals surface area contributed by atoms with Crippen LogP contribution in [0.1, 0.15) is 39.0 Å². The summed E-state index contributed by atoms with van der Waals surface area (Å²) in [7, 11) is 0. The second-order valence-corrected chi connectivity index (χ2v) is 5.39. The Morgan fingerprint density at radius 1 is 1.41 bits per heavy atom. The summed E-state index contributed by atoms with van der Waals surface area (Å²) in [5, 5.41) is 12.4. The third kappa shape index (κ3) is 2.80. The van der Waals surface area contributed by atoms with Crippen molar-refractivity contribution in [2.75, 3.05) is 19.7 Å². The Labute approximate surface area is 103 Å². The van der Waals surface area contributed by atoms with Crippen LogP contribution in [0.3, 0.4) is 0 Å². The van der Waals surface area contributed by atoms with Gasteiger partial charge in [-0.1, -0.05) is 6.92 Å². The van der Waals surface area contributed by atoms with E-state index in [1.165, 1.54) is 6.42 Å². The standard InChI is InChI=1S/C13H24N2O2/c1-10-4-2-7-14-12(10)13(17)15-8-3-5-11(15)6-9-16/h10-12,14,16H,2-9H2,1H3. The Balaban J connectivity index is 1.97. The number of nitrogens with zero attached hydrogens (tertiary/aromatic N) is 1. The lowest BCUT2D eigenvalue weighted by atomic mass is 9.91. The molecule has 4 nitrogen and oxygen atoms in total. The average Bonchev–Trinajstić information content (AvgIpc) is 2.78. The molecule has 0 aromatic heterocycles. The number of rotatable bonds is 3. The molecular weight excluding hydrogens is 216 g/mol. The van der Waals surface area contributed by atoms with Crippen molar-refractivity contribution in [1.82, 2.24) is 10.2 Å². The summed E-state index contributed by atoms with van der Waals surface area (Å²) < 4.78 is 0. The minimum atomic E-state index is 0.00282.